The maximum atomic E-state index is 12.1. The quantitative estimate of drug-likeness (QED) is 0.595. The molecule has 0 aromatic carbocycles. The molecule has 1 saturated heterocycles. The third-order valence-corrected chi connectivity index (χ3v) is 4.24. The molecular weight excluding hydrogens is 272 g/mol. The molecule has 1 atom stereocenters. The van der Waals surface area contributed by atoms with E-state index in [0.29, 0.717) is 6.54 Å². The normalized spacial score (nSPS) is 20.1. The van der Waals surface area contributed by atoms with Crippen molar-refractivity contribution in [1.82, 2.24) is 15.0 Å². The van der Waals surface area contributed by atoms with Gasteiger partial charge >= 0.3 is 0 Å². The maximum Gasteiger partial charge on any atom is 0.273 e. The van der Waals surface area contributed by atoms with Crippen LogP contribution in [0.4, 0.5) is 5.69 Å². The number of nitrogens with one attached hydrogen (secondary N) is 2. The van der Waals surface area contributed by atoms with E-state index in [9.17, 15) is 18.5 Å². The molecule has 2 rings (SSSR count). The lowest BCUT2D eigenvalue weighted by atomic mass is 10.1. The van der Waals surface area contributed by atoms with Crippen LogP contribution in [0.1, 0.15) is 12.8 Å². The molecule has 0 spiro atoms. The summed E-state index contributed by atoms with van der Waals surface area (Å²) in [6.07, 6.45) is 2.74. The molecule has 104 valence electrons. The SMILES string of the molecule is O=[N+]([O-])c1ccnc(S(=O)(=O)N[C@H]2CCCNC2)c1. The van der Waals surface area contributed by atoms with Crippen molar-refractivity contribution in [2.75, 3.05) is 13.1 Å². The molecule has 0 aliphatic carbocycles. The number of aromatic nitrogens is 1. The molecule has 2 N–H and O–H groups in total. The summed E-state index contributed by atoms with van der Waals surface area (Å²) in [7, 11) is -3.82. The number of hydrogen-bond acceptors (Lipinski definition) is 6. The van der Waals surface area contributed by atoms with Crippen molar-refractivity contribution in [1.29, 1.82) is 0 Å². The Morgan fingerprint density at radius 2 is 2.32 bits per heavy atom. The van der Waals surface area contributed by atoms with Crippen LogP contribution in [0, 0.1) is 10.1 Å². The third kappa shape index (κ3) is 3.46. The van der Waals surface area contributed by atoms with E-state index in [1.807, 2.05) is 0 Å². The van der Waals surface area contributed by atoms with Gasteiger partial charge in [0.25, 0.3) is 15.7 Å². The fourth-order valence-electron chi connectivity index (χ4n) is 1.89. The molecule has 9 heteroatoms. The lowest BCUT2D eigenvalue weighted by Gasteiger charge is -2.23. The van der Waals surface area contributed by atoms with Crippen LogP contribution in [0.25, 0.3) is 0 Å². The minimum Gasteiger partial charge on any atom is -0.315 e. The van der Waals surface area contributed by atoms with Crippen molar-refractivity contribution in [3.05, 3.63) is 28.4 Å². The number of sulfonamides is 1. The molecule has 8 nitrogen and oxygen atoms in total. The molecule has 0 radical (unpaired) electrons. The van der Waals surface area contributed by atoms with Crippen LogP contribution in [0.15, 0.2) is 23.4 Å². The first kappa shape index (κ1) is 13.8. The molecule has 1 aromatic rings. The van der Waals surface area contributed by atoms with Gasteiger partial charge in [-0.25, -0.2) is 18.1 Å². The topological polar surface area (TPSA) is 114 Å². The van der Waals surface area contributed by atoms with Gasteiger partial charge in [0, 0.05) is 24.8 Å². The fourth-order valence-corrected chi connectivity index (χ4v) is 3.13. The van der Waals surface area contributed by atoms with Gasteiger partial charge < -0.3 is 5.32 Å². The average molecular weight is 286 g/mol. The average Bonchev–Trinajstić information content (AvgIpc) is 2.39. The first-order chi connectivity index (χ1) is 8.99. The summed E-state index contributed by atoms with van der Waals surface area (Å²) < 4.78 is 26.6. The minimum absolute atomic E-state index is 0.209. The van der Waals surface area contributed by atoms with E-state index in [1.54, 1.807) is 0 Å². The molecule has 0 unspecified atom stereocenters. The Labute approximate surface area is 110 Å². The molecule has 1 aliphatic rings. The van der Waals surface area contributed by atoms with Crippen molar-refractivity contribution >= 4 is 15.7 Å². The Balaban J connectivity index is 2.18. The molecule has 1 fully saturated rings. The lowest BCUT2D eigenvalue weighted by Crippen LogP contribution is -2.45. The van der Waals surface area contributed by atoms with Crippen LogP contribution < -0.4 is 10.0 Å². The van der Waals surface area contributed by atoms with E-state index < -0.39 is 14.9 Å². The lowest BCUT2D eigenvalue weighted by molar-refractivity contribution is -0.385. The van der Waals surface area contributed by atoms with Crippen LogP contribution in [0.2, 0.25) is 0 Å². The van der Waals surface area contributed by atoms with Crippen molar-refractivity contribution in [2.45, 2.75) is 23.9 Å². The zero-order valence-electron chi connectivity index (χ0n) is 10.1. The van der Waals surface area contributed by atoms with E-state index in [0.717, 1.165) is 37.7 Å². The Bertz CT molecular complexity index is 569. The Hall–Kier alpha value is -1.58. The van der Waals surface area contributed by atoms with E-state index >= 15 is 0 Å². The molecular formula is C10H14N4O4S. The number of rotatable bonds is 4. The Morgan fingerprint density at radius 3 is 2.95 bits per heavy atom. The van der Waals surface area contributed by atoms with Gasteiger partial charge in [-0.1, -0.05) is 0 Å². The summed E-state index contributed by atoms with van der Waals surface area (Å²) >= 11 is 0. The minimum atomic E-state index is -3.82. The summed E-state index contributed by atoms with van der Waals surface area (Å²) in [4.78, 5) is 13.7. The molecule has 1 aromatic heterocycles. The summed E-state index contributed by atoms with van der Waals surface area (Å²) in [5.41, 5.74) is -0.294. The molecule has 19 heavy (non-hydrogen) atoms. The highest BCUT2D eigenvalue weighted by Crippen LogP contribution is 2.15. The van der Waals surface area contributed by atoms with Crippen molar-refractivity contribution in [2.24, 2.45) is 0 Å². The third-order valence-electron chi connectivity index (χ3n) is 2.82. The predicted molar refractivity (Wildman–Crippen MR) is 67.1 cm³/mol. The van der Waals surface area contributed by atoms with E-state index in [-0.39, 0.29) is 16.8 Å². The highest BCUT2D eigenvalue weighted by Gasteiger charge is 2.24. The first-order valence-electron chi connectivity index (χ1n) is 5.82. The predicted octanol–water partition coefficient (Wildman–Crippen LogP) is 0.0201. The first-order valence-corrected chi connectivity index (χ1v) is 7.31. The van der Waals surface area contributed by atoms with E-state index in [4.69, 9.17) is 0 Å². The van der Waals surface area contributed by atoms with Gasteiger partial charge in [0.15, 0.2) is 5.03 Å². The van der Waals surface area contributed by atoms with Gasteiger partial charge in [-0.2, -0.15) is 0 Å². The Morgan fingerprint density at radius 1 is 1.53 bits per heavy atom. The fraction of sp³-hybridized carbons (Fsp3) is 0.500. The summed E-state index contributed by atoms with van der Waals surface area (Å²) in [5, 5.41) is 13.4. The summed E-state index contributed by atoms with van der Waals surface area (Å²) in [5.74, 6) is 0. The van der Waals surface area contributed by atoms with E-state index in [1.165, 1.54) is 0 Å². The largest absolute Gasteiger partial charge is 0.315 e. The molecule has 0 bridgehead atoms. The number of hydrogen-bond donors (Lipinski definition) is 2. The standard InChI is InChI=1S/C10H14N4O4S/c15-14(16)9-3-5-12-10(6-9)19(17,18)13-8-2-1-4-11-7-8/h3,5-6,8,11,13H,1-2,4,7H2/t8-/m0/s1. The second kappa shape index (κ2) is 5.59. The highest BCUT2D eigenvalue weighted by atomic mass is 32.2. The van der Waals surface area contributed by atoms with Crippen molar-refractivity contribution < 1.29 is 13.3 Å². The second-order valence-corrected chi connectivity index (χ2v) is 5.93. The molecule has 2 heterocycles. The van der Waals surface area contributed by atoms with Crippen molar-refractivity contribution in [3.63, 3.8) is 0 Å². The number of pyridine rings is 1. The van der Waals surface area contributed by atoms with Gasteiger partial charge in [-0.15, -0.1) is 0 Å². The summed E-state index contributed by atoms with van der Waals surface area (Å²) in [6.45, 7) is 1.42. The van der Waals surface area contributed by atoms with Gasteiger partial charge in [0.2, 0.25) is 0 Å². The maximum absolute atomic E-state index is 12.1. The Kier molecular flexibility index (Phi) is 4.08. The van der Waals surface area contributed by atoms with Gasteiger partial charge in [-0.3, -0.25) is 10.1 Å². The zero-order valence-corrected chi connectivity index (χ0v) is 10.9. The smallest absolute Gasteiger partial charge is 0.273 e. The molecule has 0 saturated carbocycles. The highest BCUT2D eigenvalue weighted by molar-refractivity contribution is 7.89. The van der Waals surface area contributed by atoms with Crippen LogP contribution in [0.3, 0.4) is 0 Å². The van der Waals surface area contributed by atoms with Crippen LogP contribution in [-0.2, 0) is 10.0 Å². The molecule has 1 aliphatic heterocycles. The second-order valence-electron chi connectivity index (χ2n) is 4.27. The number of nitro groups is 1. The van der Waals surface area contributed by atoms with Crippen LogP contribution in [0.5, 0.6) is 0 Å². The van der Waals surface area contributed by atoms with Crippen LogP contribution in [-0.4, -0.2) is 37.5 Å². The van der Waals surface area contributed by atoms with E-state index in [2.05, 4.69) is 15.0 Å². The van der Waals surface area contributed by atoms with Gasteiger partial charge in [-0.05, 0) is 19.4 Å². The van der Waals surface area contributed by atoms with Crippen LogP contribution >= 0.6 is 0 Å². The summed E-state index contributed by atoms with van der Waals surface area (Å²) in [6, 6.07) is 1.90. The van der Waals surface area contributed by atoms with Gasteiger partial charge in [0.05, 0.1) is 11.0 Å². The van der Waals surface area contributed by atoms with Crippen molar-refractivity contribution in [3.8, 4) is 0 Å². The zero-order chi connectivity index (χ0) is 13.9. The number of piperidine rings is 1. The van der Waals surface area contributed by atoms with Gasteiger partial charge in [0.1, 0.15) is 0 Å². The monoisotopic (exact) mass is 286 g/mol. The number of nitrogens with zero attached hydrogens (tertiary/aromatic N) is 2. The molecule has 0 amide bonds.